The van der Waals surface area contributed by atoms with E-state index in [9.17, 15) is 14.7 Å². The van der Waals surface area contributed by atoms with Gasteiger partial charge in [0, 0.05) is 12.6 Å². The fraction of sp³-hybridized carbons (Fsp3) is 0.875. The molecule has 134 valence electrons. The van der Waals surface area contributed by atoms with E-state index in [4.69, 9.17) is 14.2 Å². The van der Waals surface area contributed by atoms with E-state index in [-0.39, 0.29) is 37.9 Å². The molecule has 0 bridgehead atoms. The van der Waals surface area contributed by atoms with Gasteiger partial charge in [0.15, 0.2) is 0 Å². The van der Waals surface area contributed by atoms with Gasteiger partial charge in [-0.15, -0.1) is 0 Å². The van der Waals surface area contributed by atoms with Gasteiger partial charge in [0.2, 0.25) is 0 Å². The summed E-state index contributed by atoms with van der Waals surface area (Å²) >= 11 is 0. The van der Waals surface area contributed by atoms with Gasteiger partial charge in [-0.2, -0.15) is 0 Å². The first-order valence-corrected chi connectivity index (χ1v) is 8.34. The number of ether oxygens (including phenoxy) is 3. The van der Waals surface area contributed by atoms with Crippen LogP contribution in [0.2, 0.25) is 0 Å². The van der Waals surface area contributed by atoms with Crippen LogP contribution in [0.5, 0.6) is 0 Å². The van der Waals surface area contributed by atoms with Crippen molar-refractivity contribution in [2.45, 2.75) is 70.7 Å². The van der Waals surface area contributed by atoms with Gasteiger partial charge in [0.1, 0.15) is 6.04 Å². The topological polar surface area (TPSA) is 94.1 Å². The highest BCUT2D eigenvalue weighted by molar-refractivity contribution is 5.82. The normalized spacial score (nSPS) is 23.8. The van der Waals surface area contributed by atoms with E-state index in [1.165, 1.54) is 0 Å². The van der Waals surface area contributed by atoms with Gasteiger partial charge >= 0.3 is 11.9 Å². The number of rotatable bonds is 9. The van der Waals surface area contributed by atoms with Crippen LogP contribution in [-0.2, 0) is 23.8 Å². The van der Waals surface area contributed by atoms with Crippen molar-refractivity contribution in [2.75, 3.05) is 19.8 Å². The second-order valence-corrected chi connectivity index (χ2v) is 5.79. The van der Waals surface area contributed by atoms with Crippen molar-refractivity contribution in [1.29, 1.82) is 0 Å². The second kappa shape index (κ2) is 10.6. The molecule has 0 spiro atoms. The Balaban J connectivity index is 2.52. The van der Waals surface area contributed by atoms with Crippen LogP contribution in [0.25, 0.3) is 0 Å². The Bertz CT molecular complexity index is 376. The minimum Gasteiger partial charge on any atom is -0.466 e. The highest BCUT2D eigenvalue weighted by Crippen LogP contribution is 2.18. The summed E-state index contributed by atoms with van der Waals surface area (Å²) in [4.78, 5) is 23.6. The van der Waals surface area contributed by atoms with E-state index >= 15 is 0 Å². The van der Waals surface area contributed by atoms with Crippen molar-refractivity contribution in [3.8, 4) is 0 Å². The number of aliphatic hydroxyl groups is 1. The molecule has 1 saturated heterocycles. The molecule has 0 aromatic rings. The van der Waals surface area contributed by atoms with Crippen molar-refractivity contribution >= 4 is 11.9 Å². The molecule has 1 heterocycles. The summed E-state index contributed by atoms with van der Waals surface area (Å²) in [7, 11) is 0. The lowest BCUT2D eigenvalue weighted by Gasteiger charge is -2.30. The van der Waals surface area contributed by atoms with Crippen molar-refractivity contribution < 1.29 is 28.9 Å². The lowest BCUT2D eigenvalue weighted by Crippen LogP contribution is -2.46. The van der Waals surface area contributed by atoms with Crippen LogP contribution in [0.1, 0.15) is 46.5 Å². The van der Waals surface area contributed by atoms with E-state index in [0.29, 0.717) is 25.9 Å². The zero-order chi connectivity index (χ0) is 17.2. The number of carbonyl (C=O) groups excluding carboxylic acids is 2. The highest BCUT2D eigenvalue weighted by Gasteiger charge is 2.28. The van der Waals surface area contributed by atoms with Crippen LogP contribution in [0.4, 0.5) is 0 Å². The molecule has 1 rings (SSSR count). The molecule has 1 fully saturated rings. The van der Waals surface area contributed by atoms with Gasteiger partial charge < -0.3 is 24.6 Å². The zero-order valence-electron chi connectivity index (χ0n) is 14.2. The summed E-state index contributed by atoms with van der Waals surface area (Å²) in [5, 5.41) is 12.8. The number of aliphatic hydroxyl groups excluding tert-OH is 1. The van der Waals surface area contributed by atoms with Crippen molar-refractivity contribution in [3.05, 3.63) is 0 Å². The smallest absolute Gasteiger partial charge is 0.323 e. The first kappa shape index (κ1) is 19.9. The predicted molar refractivity (Wildman–Crippen MR) is 83.9 cm³/mol. The predicted octanol–water partition coefficient (Wildman–Crippen LogP) is 0.779. The summed E-state index contributed by atoms with van der Waals surface area (Å²) in [6, 6.07) is -0.799. The molecule has 0 aromatic carbocycles. The number of hydrogen-bond acceptors (Lipinski definition) is 7. The Labute approximate surface area is 137 Å². The third-order valence-electron chi connectivity index (χ3n) is 3.69. The minimum absolute atomic E-state index is 0.0494. The van der Waals surface area contributed by atoms with Gasteiger partial charge in [-0.1, -0.05) is 0 Å². The Kier molecular flexibility index (Phi) is 9.13. The molecule has 7 nitrogen and oxygen atoms in total. The second-order valence-electron chi connectivity index (χ2n) is 5.79. The molecule has 0 radical (unpaired) electrons. The Morgan fingerprint density at radius 1 is 1.30 bits per heavy atom. The molecule has 0 aliphatic carbocycles. The highest BCUT2D eigenvalue weighted by atomic mass is 16.5. The number of carbonyl (C=O) groups is 2. The van der Waals surface area contributed by atoms with Crippen molar-refractivity contribution in [3.63, 3.8) is 0 Å². The molecule has 1 aliphatic heterocycles. The molecule has 2 N–H and O–H groups in total. The third-order valence-corrected chi connectivity index (χ3v) is 3.69. The van der Waals surface area contributed by atoms with Crippen LogP contribution in [0, 0.1) is 0 Å². The van der Waals surface area contributed by atoms with Gasteiger partial charge in [-0.05, 0) is 40.0 Å². The molecular weight excluding hydrogens is 302 g/mol. The summed E-state index contributed by atoms with van der Waals surface area (Å²) in [5.74, 6) is -0.897. The third kappa shape index (κ3) is 7.76. The van der Waals surface area contributed by atoms with Crippen LogP contribution in [-0.4, -0.2) is 61.2 Å². The molecule has 1 aliphatic rings. The average molecular weight is 331 g/mol. The van der Waals surface area contributed by atoms with Gasteiger partial charge in [-0.25, -0.2) is 0 Å². The number of esters is 2. The molecule has 0 aromatic heterocycles. The maximum absolute atomic E-state index is 12.0. The van der Waals surface area contributed by atoms with Crippen molar-refractivity contribution in [2.24, 2.45) is 0 Å². The van der Waals surface area contributed by atoms with E-state index in [0.717, 1.165) is 0 Å². The molecule has 23 heavy (non-hydrogen) atoms. The Morgan fingerprint density at radius 2 is 2.00 bits per heavy atom. The molecule has 7 heteroatoms. The van der Waals surface area contributed by atoms with Crippen LogP contribution in [0.15, 0.2) is 0 Å². The van der Waals surface area contributed by atoms with Gasteiger partial charge in [-0.3, -0.25) is 9.59 Å². The first-order valence-electron chi connectivity index (χ1n) is 8.34. The Morgan fingerprint density at radius 3 is 2.61 bits per heavy atom. The molecule has 0 amide bonds. The molecule has 4 unspecified atom stereocenters. The summed E-state index contributed by atoms with van der Waals surface area (Å²) in [6.45, 7) is 6.44. The summed E-state index contributed by atoms with van der Waals surface area (Å²) < 4.78 is 15.5. The van der Waals surface area contributed by atoms with Crippen LogP contribution < -0.4 is 5.32 Å². The fourth-order valence-electron chi connectivity index (χ4n) is 2.67. The minimum atomic E-state index is -0.738. The first-order chi connectivity index (χ1) is 11.0. The molecule has 4 atom stereocenters. The SMILES string of the molecule is CCOC(=O)CC(NC(C)CC1CC(O)CCO1)C(=O)OCC. The van der Waals surface area contributed by atoms with Crippen LogP contribution in [0.3, 0.4) is 0 Å². The monoisotopic (exact) mass is 331 g/mol. The summed E-state index contributed by atoms with van der Waals surface area (Å²) in [5.41, 5.74) is 0. The zero-order valence-corrected chi connectivity index (χ0v) is 14.2. The average Bonchev–Trinajstić information content (AvgIpc) is 2.47. The molecule has 0 saturated carbocycles. The van der Waals surface area contributed by atoms with Gasteiger partial charge in [0.25, 0.3) is 0 Å². The van der Waals surface area contributed by atoms with Gasteiger partial charge in [0.05, 0.1) is 31.8 Å². The van der Waals surface area contributed by atoms with E-state index in [2.05, 4.69) is 5.32 Å². The lowest BCUT2D eigenvalue weighted by atomic mass is 10.00. The maximum atomic E-state index is 12.0. The van der Waals surface area contributed by atoms with Crippen molar-refractivity contribution in [1.82, 2.24) is 5.32 Å². The Hall–Kier alpha value is -1.18. The lowest BCUT2D eigenvalue weighted by molar-refractivity contribution is -0.152. The van der Waals surface area contributed by atoms with E-state index in [1.807, 2.05) is 6.92 Å². The van der Waals surface area contributed by atoms with E-state index < -0.39 is 18.0 Å². The van der Waals surface area contributed by atoms with E-state index in [1.54, 1.807) is 13.8 Å². The number of nitrogens with one attached hydrogen (secondary N) is 1. The fourth-order valence-corrected chi connectivity index (χ4v) is 2.67. The largest absolute Gasteiger partial charge is 0.466 e. The molecular formula is C16H29NO6. The quantitative estimate of drug-likeness (QED) is 0.603. The number of hydrogen-bond donors (Lipinski definition) is 2. The maximum Gasteiger partial charge on any atom is 0.323 e. The summed E-state index contributed by atoms with van der Waals surface area (Å²) in [6.07, 6.45) is 1.45. The standard InChI is InChI=1S/C16H29NO6/c1-4-21-15(19)10-14(16(20)22-5-2)17-11(3)8-13-9-12(18)6-7-23-13/h11-14,17-18H,4-10H2,1-3H3. The van der Waals surface area contributed by atoms with Crippen LogP contribution >= 0.6 is 0 Å².